The number of pyridine rings is 1. The highest BCUT2D eigenvalue weighted by Crippen LogP contribution is 2.27. The zero-order valence-corrected chi connectivity index (χ0v) is 11.8. The largest absolute Gasteiger partial charge is 0.325 e. The molecule has 4 heteroatoms. The SMILES string of the molecule is NCc1c(-c2ccc3ccccc3c2)nc2ccc(F)cn12. The third-order valence-corrected chi connectivity index (χ3v) is 3.90. The molecule has 4 aromatic rings. The van der Waals surface area contributed by atoms with Crippen molar-refractivity contribution < 1.29 is 4.39 Å². The summed E-state index contributed by atoms with van der Waals surface area (Å²) in [6, 6.07) is 17.4. The van der Waals surface area contributed by atoms with Crippen molar-refractivity contribution in [2.24, 2.45) is 5.73 Å². The Bertz CT molecular complexity index is 988. The van der Waals surface area contributed by atoms with Gasteiger partial charge in [-0.15, -0.1) is 0 Å². The molecule has 0 aliphatic heterocycles. The Balaban J connectivity index is 1.98. The molecule has 0 saturated heterocycles. The number of aromatic nitrogens is 2. The number of nitrogens with two attached hydrogens (primary N) is 1. The average molecular weight is 291 g/mol. The zero-order valence-electron chi connectivity index (χ0n) is 11.8. The fraction of sp³-hybridized carbons (Fsp3) is 0.0556. The number of imidazole rings is 1. The Labute approximate surface area is 126 Å². The molecule has 0 spiro atoms. The first-order valence-electron chi connectivity index (χ1n) is 7.12. The molecule has 0 amide bonds. The number of rotatable bonds is 2. The molecule has 4 rings (SSSR count). The summed E-state index contributed by atoms with van der Waals surface area (Å²) in [5.74, 6) is -0.301. The van der Waals surface area contributed by atoms with Crippen LogP contribution in [0.25, 0.3) is 27.7 Å². The number of nitrogens with zero attached hydrogens (tertiary/aromatic N) is 2. The minimum absolute atomic E-state index is 0.298. The van der Waals surface area contributed by atoms with Gasteiger partial charge in [-0.25, -0.2) is 9.37 Å². The third-order valence-electron chi connectivity index (χ3n) is 3.90. The molecule has 22 heavy (non-hydrogen) atoms. The van der Waals surface area contributed by atoms with E-state index in [-0.39, 0.29) is 5.82 Å². The Kier molecular flexibility index (Phi) is 2.91. The van der Waals surface area contributed by atoms with Crippen LogP contribution in [0.1, 0.15) is 5.69 Å². The van der Waals surface area contributed by atoms with E-state index in [4.69, 9.17) is 5.73 Å². The standard InChI is InChI=1S/C18H14FN3/c19-15-7-8-17-21-18(16(10-20)22(17)11-15)14-6-5-12-3-1-2-4-13(12)9-14/h1-9,11H,10,20H2. The first-order chi connectivity index (χ1) is 10.8. The molecule has 0 fully saturated rings. The normalized spacial score (nSPS) is 11.4. The molecule has 2 N–H and O–H groups in total. The average Bonchev–Trinajstić information content (AvgIpc) is 2.92. The Morgan fingerprint density at radius 1 is 1.00 bits per heavy atom. The lowest BCUT2D eigenvalue weighted by Crippen LogP contribution is -2.02. The quantitative estimate of drug-likeness (QED) is 0.611. The van der Waals surface area contributed by atoms with Gasteiger partial charge in [-0.05, 0) is 29.0 Å². The van der Waals surface area contributed by atoms with E-state index in [1.165, 1.54) is 17.6 Å². The summed E-state index contributed by atoms with van der Waals surface area (Å²) in [5.41, 5.74) is 9.18. The highest BCUT2D eigenvalue weighted by atomic mass is 19.1. The van der Waals surface area contributed by atoms with E-state index in [1.807, 2.05) is 18.2 Å². The van der Waals surface area contributed by atoms with Gasteiger partial charge in [0.25, 0.3) is 0 Å². The number of benzene rings is 2. The van der Waals surface area contributed by atoms with Gasteiger partial charge in [-0.1, -0.05) is 36.4 Å². The molecular formula is C18H14FN3. The van der Waals surface area contributed by atoms with Crippen molar-refractivity contribution in [2.45, 2.75) is 6.54 Å². The molecule has 0 unspecified atom stereocenters. The topological polar surface area (TPSA) is 43.3 Å². The van der Waals surface area contributed by atoms with Crippen LogP contribution in [0.5, 0.6) is 0 Å². The van der Waals surface area contributed by atoms with Crippen molar-refractivity contribution in [2.75, 3.05) is 0 Å². The van der Waals surface area contributed by atoms with Crippen LogP contribution in [0.3, 0.4) is 0 Å². The van der Waals surface area contributed by atoms with E-state index in [0.29, 0.717) is 12.2 Å². The summed E-state index contributed by atoms with van der Waals surface area (Å²) in [5, 5.41) is 2.32. The Morgan fingerprint density at radius 3 is 2.64 bits per heavy atom. The summed E-state index contributed by atoms with van der Waals surface area (Å²) in [6.45, 7) is 0.298. The fourth-order valence-corrected chi connectivity index (χ4v) is 2.83. The maximum Gasteiger partial charge on any atom is 0.139 e. The highest BCUT2D eigenvalue weighted by Gasteiger charge is 2.13. The lowest BCUT2D eigenvalue weighted by atomic mass is 10.0. The molecule has 0 saturated carbocycles. The molecule has 2 heterocycles. The number of hydrogen-bond donors (Lipinski definition) is 1. The van der Waals surface area contributed by atoms with E-state index >= 15 is 0 Å². The molecule has 0 atom stereocenters. The smallest absolute Gasteiger partial charge is 0.139 e. The van der Waals surface area contributed by atoms with Crippen LogP contribution in [0, 0.1) is 5.82 Å². The van der Waals surface area contributed by atoms with Crippen LogP contribution in [-0.4, -0.2) is 9.38 Å². The summed E-state index contributed by atoms with van der Waals surface area (Å²) >= 11 is 0. The maximum atomic E-state index is 13.5. The minimum atomic E-state index is -0.301. The van der Waals surface area contributed by atoms with Crippen molar-refractivity contribution in [3.63, 3.8) is 0 Å². The summed E-state index contributed by atoms with van der Waals surface area (Å²) in [7, 11) is 0. The van der Waals surface area contributed by atoms with Crippen LogP contribution < -0.4 is 5.73 Å². The second-order valence-electron chi connectivity index (χ2n) is 5.25. The predicted molar refractivity (Wildman–Crippen MR) is 86.0 cm³/mol. The van der Waals surface area contributed by atoms with Crippen molar-refractivity contribution >= 4 is 16.4 Å². The van der Waals surface area contributed by atoms with Gasteiger partial charge < -0.3 is 5.73 Å². The van der Waals surface area contributed by atoms with E-state index in [0.717, 1.165) is 22.3 Å². The maximum absolute atomic E-state index is 13.5. The predicted octanol–water partition coefficient (Wildman–Crippen LogP) is 3.75. The van der Waals surface area contributed by atoms with Crippen LogP contribution in [0.4, 0.5) is 4.39 Å². The number of hydrogen-bond acceptors (Lipinski definition) is 2. The van der Waals surface area contributed by atoms with Crippen molar-refractivity contribution in [1.82, 2.24) is 9.38 Å². The van der Waals surface area contributed by atoms with Gasteiger partial charge >= 0.3 is 0 Å². The van der Waals surface area contributed by atoms with Gasteiger partial charge in [0.2, 0.25) is 0 Å². The van der Waals surface area contributed by atoms with Crippen LogP contribution in [0.15, 0.2) is 60.8 Å². The van der Waals surface area contributed by atoms with Gasteiger partial charge in [0.1, 0.15) is 11.5 Å². The second kappa shape index (κ2) is 4.93. The number of fused-ring (bicyclic) bond motifs is 2. The molecule has 0 aliphatic carbocycles. The second-order valence-corrected chi connectivity index (χ2v) is 5.25. The van der Waals surface area contributed by atoms with Gasteiger partial charge in [0, 0.05) is 18.3 Å². The highest BCUT2D eigenvalue weighted by molar-refractivity contribution is 5.87. The van der Waals surface area contributed by atoms with E-state index < -0.39 is 0 Å². The molecule has 0 radical (unpaired) electrons. The van der Waals surface area contributed by atoms with E-state index in [9.17, 15) is 4.39 Å². The first-order valence-corrected chi connectivity index (χ1v) is 7.12. The van der Waals surface area contributed by atoms with Gasteiger partial charge in [-0.3, -0.25) is 4.40 Å². The molecule has 2 aromatic heterocycles. The summed E-state index contributed by atoms with van der Waals surface area (Å²) in [4.78, 5) is 4.62. The third kappa shape index (κ3) is 1.96. The number of halogens is 1. The van der Waals surface area contributed by atoms with E-state index in [2.05, 4.69) is 29.2 Å². The van der Waals surface area contributed by atoms with Crippen LogP contribution >= 0.6 is 0 Å². The van der Waals surface area contributed by atoms with Crippen LogP contribution in [-0.2, 0) is 6.54 Å². The summed E-state index contributed by atoms with van der Waals surface area (Å²) in [6.07, 6.45) is 1.43. The Hall–Kier alpha value is -2.72. The monoisotopic (exact) mass is 291 g/mol. The fourth-order valence-electron chi connectivity index (χ4n) is 2.83. The van der Waals surface area contributed by atoms with Gasteiger partial charge in [-0.2, -0.15) is 0 Å². The molecule has 0 aliphatic rings. The van der Waals surface area contributed by atoms with Gasteiger partial charge in [0.15, 0.2) is 0 Å². The summed E-state index contributed by atoms with van der Waals surface area (Å²) < 4.78 is 15.2. The zero-order chi connectivity index (χ0) is 15.1. The van der Waals surface area contributed by atoms with Crippen LogP contribution in [0.2, 0.25) is 0 Å². The molecule has 2 aromatic carbocycles. The van der Waals surface area contributed by atoms with Crippen molar-refractivity contribution in [3.05, 3.63) is 72.3 Å². The molecule has 0 bridgehead atoms. The van der Waals surface area contributed by atoms with Crippen molar-refractivity contribution in [1.29, 1.82) is 0 Å². The van der Waals surface area contributed by atoms with Crippen molar-refractivity contribution in [3.8, 4) is 11.3 Å². The van der Waals surface area contributed by atoms with E-state index in [1.54, 1.807) is 10.5 Å². The minimum Gasteiger partial charge on any atom is -0.325 e. The molecule has 3 nitrogen and oxygen atoms in total. The molecular weight excluding hydrogens is 277 g/mol. The molecule has 108 valence electrons. The van der Waals surface area contributed by atoms with Gasteiger partial charge in [0.05, 0.1) is 11.4 Å². The Morgan fingerprint density at radius 2 is 1.82 bits per heavy atom. The first kappa shape index (κ1) is 13.0. The lowest BCUT2D eigenvalue weighted by Gasteiger charge is -2.04. The lowest BCUT2D eigenvalue weighted by molar-refractivity contribution is 0.618.